The molecule has 0 saturated carbocycles. The van der Waals surface area contributed by atoms with Crippen molar-refractivity contribution in [3.63, 3.8) is 0 Å². The Labute approximate surface area is 94.8 Å². The van der Waals surface area contributed by atoms with Crippen LogP contribution in [0, 0.1) is 0 Å². The van der Waals surface area contributed by atoms with Crippen LogP contribution in [0.4, 0.5) is 5.69 Å². The number of aromatic nitrogens is 1. The Hall–Kier alpha value is -0.800. The summed E-state index contributed by atoms with van der Waals surface area (Å²) in [6.45, 7) is 1.70. The first-order valence-electron chi connectivity index (χ1n) is 5.30. The van der Waals surface area contributed by atoms with Gasteiger partial charge in [0.2, 0.25) is 0 Å². The first-order chi connectivity index (χ1) is 7.36. The number of anilines is 1. The van der Waals surface area contributed by atoms with E-state index in [1.54, 1.807) is 18.5 Å². The Morgan fingerprint density at radius 1 is 1.40 bits per heavy atom. The molecule has 0 amide bonds. The second-order valence-electron chi connectivity index (χ2n) is 3.74. The van der Waals surface area contributed by atoms with E-state index in [9.17, 15) is 0 Å². The quantitative estimate of drug-likeness (QED) is 0.842. The van der Waals surface area contributed by atoms with Gasteiger partial charge in [0.15, 0.2) is 0 Å². The molecular formula is C11H15ClN2O. The number of hydrogen-bond donors (Lipinski definition) is 1. The number of nitrogens with zero attached hydrogens (tertiary/aromatic N) is 1. The van der Waals surface area contributed by atoms with Gasteiger partial charge in [0.25, 0.3) is 0 Å². The SMILES string of the molecule is Clc1ccncc1NC1CCCOCC1. The summed E-state index contributed by atoms with van der Waals surface area (Å²) in [5, 5.41) is 4.15. The molecular weight excluding hydrogens is 212 g/mol. The van der Waals surface area contributed by atoms with Crippen molar-refractivity contribution in [3.05, 3.63) is 23.5 Å². The van der Waals surface area contributed by atoms with Crippen LogP contribution in [0.2, 0.25) is 5.02 Å². The molecule has 1 aromatic rings. The highest BCUT2D eigenvalue weighted by atomic mass is 35.5. The second kappa shape index (κ2) is 5.33. The fourth-order valence-corrected chi connectivity index (χ4v) is 1.91. The lowest BCUT2D eigenvalue weighted by Crippen LogP contribution is -2.19. The van der Waals surface area contributed by atoms with Crippen LogP contribution in [0.25, 0.3) is 0 Å². The minimum absolute atomic E-state index is 0.453. The zero-order chi connectivity index (χ0) is 10.5. The lowest BCUT2D eigenvalue weighted by Gasteiger charge is -2.17. The molecule has 4 heteroatoms. The second-order valence-corrected chi connectivity index (χ2v) is 4.15. The standard InChI is InChI=1S/C11H15ClN2O/c12-10-3-5-13-8-11(10)14-9-2-1-6-15-7-4-9/h3,5,8-9,14H,1-2,4,6-7H2. The van der Waals surface area contributed by atoms with Gasteiger partial charge in [0.1, 0.15) is 0 Å². The van der Waals surface area contributed by atoms with Gasteiger partial charge < -0.3 is 10.1 Å². The van der Waals surface area contributed by atoms with E-state index in [1.807, 2.05) is 0 Å². The summed E-state index contributed by atoms with van der Waals surface area (Å²) in [6, 6.07) is 2.26. The zero-order valence-corrected chi connectivity index (χ0v) is 9.33. The van der Waals surface area contributed by atoms with Crippen LogP contribution in [0.5, 0.6) is 0 Å². The maximum atomic E-state index is 6.05. The summed E-state index contributed by atoms with van der Waals surface area (Å²) >= 11 is 6.05. The van der Waals surface area contributed by atoms with Crippen LogP contribution in [0.15, 0.2) is 18.5 Å². The van der Waals surface area contributed by atoms with Gasteiger partial charge >= 0.3 is 0 Å². The van der Waals surface area contributed by atoms with Crippen LogP contribution >= 0.6 is 11.6 Å². The average Bonchev–Trinajstić information content (AvgIpc) is 2.50. The molecule has 0 aromatic carbocycles. The molecule has 1 N–H and O–H groups in total. The van der Waals surface area contributed by atoms with E-state index >= 15 is 0 Å². The maximum Gasteiger partial charge on any atom is 0.0718 e. The molecule has 0 radical (unpaired) electrons. The van der Waals surface area contributed by atoms with Crippen LogP contribution in [0.3, 0.4) is 0 Å². The Bertz CT molecular complexity index is 311. The van der Waals surface area contributed by atoms with Crippen LogP contribution in [0.1, 0.15) is 19.3 Å². The van der Waals surface area contributed by atoms with Gasteiger partial charge in [0.05, 0.1) is 16.9 Å². The van der Waals surface area contributed by atoms with Crippen molar-refractivity contribution < 1.29 is 4.74 Å². The Kier molecular flexibility index (Phi) is 3.80. The van der Waals surface area contributed by atoms with Crippen LogP contribution in [-0.2, 0) is 4.74 Å². The maximum absolute atomic E-state index is 6.05. The summed E-state index contributed by atoms with van der Waals surface area (Å²) in [5.74, 6) is 0. The van der Waals surface area contributed by atoms with Gasteiger partial charge in [-0.2, -0.15) is 0 Å². The van der Waals surface area contributed by atoms with Crippen molar-refractivity contribution in [3.8, 4) is 0 Å². The molecule has 15 heavy (non-hydrogen) atoms. The topological polar surface area (TPSA) is 34.2 Å². The summed E-state index contributed by atoms with van der Waals surface area (Å²) in [7, 11) is 0. The zero-order valence-electron chi connectivity index (χ0n) is 8.58. The number of hydrogen-bond acceptors (Lipinski definition) is 3. The monoisotopic (exact) mass is 226 g/mol. The summed E-state index contributed by atoms with van der Waals surface area (Å²) in [5.41, 5.74) is 0.922. The predicted molar refractivity (Wildman–Crippen MR) is 61.3 cm³/mol. The van der Waals surface area contributed by atoms with Crippen molar-refractivity contribution in [1.82, 2.24) is 4.98 Å². The summed E-state index contributed by atoms with van der Waals surface area (Å²) in [6.07, 6.45) is 6.74. The smallest absolute Gasteiger partial charge is 0.0718 e. The van der Waals surface area contributed by atoms with Gasteiger partial charge in [-0.3, -0.25) is 4.98 Å². The Morgan fingerprint density at radius 2 is 2.33 bits per heavy atom. The predicted octanol–water partition coefficient (Wildman–Crippen LogP) is 2.72. The van der Waals surface area contributed by atoms with Gasteiger partial charge in [0, 0.05) is 25.5 Å². The molecule has 1 saturated heterocycles. The molecule has 1 unspecified atom stereocenters. The first kappa shape index (κ1) is 10.7. The molecule has 0 bridgehead atoms. The minimum Gasteiger partial charge on any atom is -0.381 e. The molecule has 0 spiro atoms. The number of pyridine rings is 1. The summed E-state index contributed by atoms with van der Waals surface area (Å²) in [4.78, 5) is 4.06. The first-order valence-corrected chi connectivity index (χ1v) is 5.68. The highest BCUT2D eigenvalue weighted by Crippen LogP contribution is 2.22. The number of nitrogens with one attached hydrogen (secondary N) is 1. The highest BCUT2D eigenvalue weighted by Gasteiger charge is 2.13. The van der Waals surface area contributed by atoms with Gasteiger partial charge in [-0.15, -0.1) is 0 Å². The molecule has 82 valence electrons. The van der Waals surface area contributed by atoms with Gasteiger partial charge in [-0.1, -0.05) is 11.6 Å². The van der Waals surface area contributed by atoms with Crippen LogP contribution < -0.4 is 5.32 Å². The molecule has 2 rings (SSSR count). The highest BCUT2D eigenvalue weighted by molar-refractivity contribution is 6.33. The Balaban J connectivity index is 1.98. The van der Waals surface area contributed by atoms with Gasteiger partial charge in [-0.05, 0) is 25.3 Å². The normalized spacial score (nSPS) is 22.1. The Morgan fingerprint density at radius 3 is 3.20 bits per heavy atom. The van der Waals surface area contributed by atoms with Crippen LogP contribution in [-0.4, -0.2) is 24.2 Å². The van der Waals surface area contributed by atoms with E-state index in [0.29, 0.717) is 6.04 Å². The van der Waals surface area contributed by atoms with Crippen molar-refractivity contribution in [2.45, 2.75) is 25.3 Å². The fourth-order valence-electron chi connectivity index (χ4n) is 1.75. The van der Waals surface area contributed by atoms with Crippen molar-refractivity contribution >= 4 is 17.3 Å². The fraction of sp³-hybridized carbons (Fsp3) is 0.545. The van der Waals surface area contributed by atoms with E-state index < -0.39 is 0 Å². The largest absolute Gasteiger partial charge is 0.381 e. The van der Waals surface area contributed by atoms with Crippen molar-refractivity contribution in [2.75, 3.05) is 18.5 Å². The number of rotatable bonds is 2. The van der Waals surface area contributed by atoms with Gasteiger partial charge in [-0.25, -0.2) is 0 Å². The lowest BCUT2D eigenvalue weighted by molar-refractivity contribution is 0.144. The van der Waals surface area contributed by atoms with Crippen molar-refractivity contribution in [1.29, 1.82) is 0 Å². The molecule has 1 aromatic heterocycles. The third kappa shape index (κ3) is 3.08. The van der Waals surface area contributed by atoms with E-state index in [-0.39, 0.29) is 0 Å². The molecule has 2 heterocycles. The molecule has 1 aliphatic heterocycles. The number of halogens is 1. The molecule has 1 aliphatic rings. The average molecular weight is 227 g/mol. The van der Waals surface area contributed by atoms with Crippen molar-refractivity contribution in [2.24, 2.45) is 0 Å². The summed E-state index contributed by atoms with van der Waals surface area (Å²) < 4.78 is 5.40. The molecule has 0 aliphatic carbocycles. The minimum atomic E-state index is 0.453. The molecule has 1 fully saturated rings. The lowest BCUT2D eigenvalue weighted by atomic mass is 10.1. The third-order valence-corrected chi connectivity index (χ3v) is 2.91. The molecule has 1 atom stereocenters. The van der Waals surface area contributed by atoms with E-state index in [1.165, 1.54) is 0 Å². The van der Waals surface area contributed by atoms with E-state index in [2.05, 4.69) is 10.3 Å². The third-order valence-electron chi connectivity index (χ3n) is 2.58. The van der Waals surface area contributed by atoms with E-state index in [0.717, 1.165) is 43.2 Å². The van der Waals surface area contributed by atoms with E-state index in [4.69, 9.17) is 16.3 Å². The number of ether oxygens (including phenoxy) is 1. The molecule has 3 nitrogen and oxygen atoms in total.